The molecular weight excluding hydrogens is 254 g/mol. The van der Waals surface area contributed by atoms with Gasteiger partial charge in [0, 0.05) is 13.6 Å². The monoisotopic (exact) mass is 273 g/mol. The summed E-state index contributed by atoms with van der Waals surface area (Å²) in [7, 11) is 1.75. The van der Waals surface area contributed by atoms with Crippen molar-refractivity contribution in [2.45, 2.75) is 19.8 Å². The number of anilines is 1. The molecule has 0 spiro atoms. The van der Waals surface area contributed by atoms with Crippen LogP contribution < -0.4 is 5.32 Å². The molecule has 5 heteroatoms. The minimum absolute atomic E-state index is 0.257. The van der Waals surface area contributed by atoms with E-state index < -0.39 is 5.97 Å². The van der Waals surface area contributed by atoms with E-state index >= 15 is 0 Å². The van der Waals surface area contributed by atoms with Crippen LogP contribution in [0.3, 0.4) is 0 Å². The van der Waals surface area contributed by atoms with Gasteiger partial charge in [0.25, 0.3) is 0 Å². The highest BCUT2D eigenvalue weighted by atomic mass is 16.4. The molecule has 0 aliphatic heterocycles. The maximum absolute atomic E-state index is 11.2. The van der Waals surface area contributed by atoms with E-state index in [0.717, 1.165) is 12.8 Å². The smallest absolute Gasteiger partial charge is 0.341 e. The van der Waals surface area contributed by atoms with Gasteiger partial charge in [0.2, 0.25) is 0 Å². The lowest BCUT2D eigenvalue weighted by Gasteiger charge is -2.08. The Bertz CT molecular complexity index is 591. The van der Waals surface area contributed by atoms with E-state index in [-0.39, 0.29) is 5.56 Å². The van der Waals surface area contributed by atoms with Crippen LogP contribution in [-0.2, 0) is 13.5 Å². The highest BCUT2D eigenvalue weighted by molar-refractivity contribution is 5.94. The molecule has 2 aromatic rings. The van der Waals surface area contributed by atoms with Crippen molar-refractivity contribution in [1.29, 1.82) is 0 Å². The zero-order chi connectivity index (χ0) is 14.5. The number of nitrogens with zero attached hydrogens (tertiary/aromatic N) is 2. The van der Waals surface area contributed by atoms with Gasteiger partial charge in [0.15, 0.2) is 0 Å². The summed E-state index contributed by atoms with van der Waals surface area (Å²) in [4.78, 5) is 11.2. The third kappa shape index (κ3) is 3.17. The summed E-state index contributed by atoms with van der Waals surface area (Å²) in [6.07, 6.45) is 1.90. The first-order valence-electron chi connectivity index (χ1n) is 6.64. The van der Waals surface area contributed by atoms with Gasteiger partial charge in [-0.3, -0.25) is 4.68 Å². The number of carboxylic acids is 1. The number of carboxylic acid groups (broad SMARTS) is 1. The quantitative estimate of drug-likeness (QED) is 0.793. The van der Waals surface area contributed by atoms with Gasteiger partial charge >= 0.3 is 5.97 Å². The number of rotatable bonds is 6. The van der Waals surface area contributed by atoms with Crippen molar-refractivity contribution < 1.29 is 9.90 Å². The maximum atomic E-state index is 11.2. The fourth-order valence-electron chi connectivity index (χ4n) is 2.26. The highest BCUT2D eigenvalue weighted by Gasteiger charge is 2.18. The molecule has 0 amide bonds. The first-order chi connectivity index (χ1) is 9.59. The van der Waals surface area contributed by atoms with E-state index in [1.807, 2.05) is 18.2 Å². The molecule has 0 bridgehead atoms. The summed E-state index contributed by atoms with van der Waals surface area (Å²) in [5, 5.41) is 16.5. The fraction of sp³-hybridized carbons (Fsp3) is 0.333. The molecule has 0 saturated heterocycles. The molecule has 1 aromatic carbocycles. The molecule has 1 heterocycles. The molecule has 0 fully saturated rings. The topological polar surface area (TPSA) is 67.2 Å². The molecule has 20 heavy (non-hydrogen) atoms. The number of carbonyl (C=O) groups is 1. The van der Waals surface area contributed by atoms with Gasteiger partial charge in [-0.1, -0.05) is 30.3 Å². The standard InChI is InChI=1S/C15H19N3O2/c1-11-13(15(19)20)14(18(2)17-11)16-10-6-9-12-7-4-3-5-8-12/h3-5,7-8,16H,6,9-10H2,1-2H3,(H,19,20). The Morgan fingerprint density at radius 1 is 1.35 bits per heavy atom. The van der Waals surface area contributed by atoms with Gasteiger partial charge in [-0.2, -0.15) is 5.10 Å². The van der Waals surface area contributed by atoms with Crippen molar-refractivity contribution in [3.8, 4) is 0 Å². The van der Waals surface area contributed by atoms with Gasteiger partial charge in [0.1, 0.15) is 11.4 Å². The van der Waals surface area contributed by atoms with Crippen LogP contribution in [0.15, 0.2) is 30.3 Å². The van der Waals surface area contributed by atoms with Crippen LogP contribution in [0.5, 0.6) is 0 Å². The van der Waals surface area contributed by atoms with E-state index in [1.54, 1.807) is 18.7 Å². The van der Waals surface area contributed by atoms with Crippen molar-refractivity contribution in [2.24, 2.45) is 7.05 Å². The molecule has 0 radical (unpaired) electrons. The van der Waals surface area contributed by atoms with Crippen molar-refractivity contribution >= 4 is 11.8 Å². The first kappa shape index (κ1) is 14.1. The van der Waals surface area contributed by atoms with Crippen LogP contribution >= 0.6 is 0 Å². The lowest BCUT2D eigenvalue weighted by atomic mass is 10.1. The second-order valence-corrected chi connectivity index (χ2v) is 4.75. The molecule has 0 aliphatic carbocycles. The number of aryl methyl sites for hydroxylation is 3. The largest absolute Gasteiger partial charge is 0.477 e. The normalized spacial score (nSPS) is 10.5. The molecular formula is C15H19N3O2. The number of aromatic carboxylic acids is 1. The molecule has 0 aliphatic rings. The van der Waals surface area contributed by atoms with Crippen LogP contribution in [0.4, 0.5) is 5.82 Å². The predicted octanol–water partition coefficient (Wildman–Crippen LogP) is 2.47. The van der Waals surface area contributed by atoms with Gasteiger partial charge < -0.3 is 10.4 Å². The Morgan fingerprint density at radius 3 is 2.70 bits per heavy atom. The number of hydrogen-bond donors (Lipinski definition) is 2. The highest BCUT2D eigenvalue weighted by Crippen LogP contribution is 2.18. The first-order valence-corrected chi connectivity index (χ1v) is 6.64. The molecule has 2 N–H and O–H groups in total. The Labute approximate surface area is 118 Å². The van der Waals surface area contributed by atoms with Crippen molar-refractivity contribution in [1.82, 2.24) is 9.78 Å². The number of nitrogens with one attached hydrogen (secondary N) is 1. The van der Waals surface area contributed by atoms with Crippen molar-refractivity contribution in [3.63, 3.8) is 0 Å². The molecule has 106 valence electrons. The fourth-order valence-corrected chi connectivity index (χ4v) is 2.26. The summed E-state index contributed by atoms with van der Waals surface area (Å²) >= 11 is 0. The van der Waals surface area contributed by atoms with E-state index in [4.69, 9.17) is 0 Å². The average molecular weight is 273 g/mol. The Balaban J connectivity index is 1.93. The average Bonchev–Trinajstić information content (AvgIpc) is 2.70. The zero-order valence-corrected chi connectivity index (χ0v) is 11.8. The van der Waals surface area contributed by atoms with Crippen molar-refractivity contribution in [3.05, 3.63) is 47.2 Å². The van der Waals surface area contributed by atoms with Gasteiger partial charge in [0.05, 0.1) is 5.69 Å². The maximum Gasteiger partial charge on any atom is 0.341 e. The van der Waals surface area contributed by atoms with E-state index in [9.17, 15) is 9.90 Å². The lowest BCUT2D eigenvalue weighted by Crippen LogP contribution is -2.11. The Kier molecular flexibility index (Phi) is 4.40. The van der Waals surface area contributed by atoms with Crippen LogP contribution in [0, 0.1) is 6.92 Å². The van der Waals surface area contributed by atoms with Crippen LogP contribution in [0.25, 0.3) is 0 Å². The molecule has 0 atom stereocenters. The summed E-state index contributed by atoms with van der Waals surface area (Å²) < 4.78 is 1.58. The zero-order valence-electron chi connectivity index (χ0n) is 11.8. The number of hydrogen-bond acceptors (Lipinski definition) is 3. The minimum Gasteiger partial charge on any atom is -0.477 e. The predicted molar refractivity (Wildman–Crippen MR) is 78.2 cm³/mol. The van der Waals surface area contributed by atoms with Gasteiger partial charge in [-0.25, -0.2) is 4.79 Å². The molecule has 0 unspecified atom stereocenters. The summed E-state index contributed by atoms with van der Waals surface area (Å²) in [6.45, 7) is 2.42. The van der Waals surface area contributed by atoms with Crippen LogP contribution in [-0.4, -0.2) is 27.4 Å². The third-order valence-corrected chi connectivity index (χ3v) is 3.21. The lowest BCUT2D eigenvalue weighted by molar-refractivity contribution is 0.0697. The number of aromatic nitrogens is 2. The second-order valence-electron chi connectivity index (χ2n) is 4.75. The Hall–Kier alpha value is -2.30. The van der Waals surface area contributed by atoms with E-state index in [2.05, 4.69) is 22.5 Å². The van der Waals surface area contributed by atoms with Gasteiger partial charge in [-0.05, 0) is 25.3 Å². The molecule has 0 saturated carbocycles. The summed E-state index contributed by atoms with van der Waals surface area (Å²) in [5.41, 5.74) is 2.08. The summed E-state index contributed by atoms with van der Waals surface area (Å²) in [6, 6.07) is 10.2. The van der Waals surface area contributed by atoms with Crippen LogP contribution in [0.2, 0.25) is 0 Å². The molecule has 5 nitrogen and oxygen atoms in total. The molecule has 1 aromatic heterocycles. The SMILES string of the molecule is Cc1nn(C)c(NCCCc2ccccc2)c1C(=O)O. The van der Waals surface area contributed by atoms with E-state index in [1.165, 1.54) is 5.56 Å². The molecule has 2 rings (SSSR count). The van der Waals surface area contributed by atoms with Crippen molar-refractivity contribution in [2.75, 3.05) is 11.9 Å². The van der Waals surface area contributed by atoms with Gasteiger partial charge in [-0.15, -0.1) is 0 Å². The van der Waals surface area contributed by atoms with E-state index in [0.29, 0.717) is 18.1 Å². The number of benzene rings is 1. The third-order valence-electron chi connectivity index (χ3n) is 3.21. The Morgan fingerprint density at radius 2 is 2.05 bits per heavy atom. The minimum atomic E-state index is -0.943. The summed E-state index contributed by atoms with van der Waals surface area (Å²) in [5.74, 6) is -0.371. The second kappa shape index (κ2) is 6.23. The van der Waals surface area contributed by atoms with Crippen LogP contribution in [0.1, 0.15) is 28.0 Å².